The third-order valence-electron chi connectivity index (χ3n) is 4.13. The summed E-state index contributed by atoms with van der Waals surface area (Å²) in [4.78, 5) is 37.9. The minimum absolute atomic E-state index is 0.115. The van der Waals surface area contributed by atoms with Gasteiger partial charge in [-0.3, -0.25) is 14.4 Å². The summed E-state index contributed by atoms with van der Waals surface area (Å²) in [7, 11) is 3.20. The van der Waals surface area contributed by atoms with Crippen molar-refractivity contribution < 1.29 is 14.3 Å². The Morgan fingerprint density at radius 1 is 1.22 bits per heavy atom. The van der Waals surface area contributed by atoms with Crippen LogP contribution < -0.4 is 5.56 Å². The lowest BCUT2D eigenvalue weighted by Crippen LogP contribution is -2.31. The monoisotopic (exact) mass is 385 g/mol. The Hall–Kier alpha value is -3.00. The molecule has 3 rings (SSSR count). The Morgan fingerprint density at radius 3 is 2.67 bits per heavy atom. The molecule has 27 heavy (non-hydrogen) atoms. The van der Waals surface area contributed by atoms with Crippen molar-refractivity contribution in [3.05, 3.63) is 62.7 Å². The summed E-state index contributed by atoms with van der Waals surface area (Å²) in [6, 6.07) is 8.91. The van der Waals surface area contributed by atoms with E-state index in [2.05, 4.69) is 5.10 Å². The molecule has 0 fully saturated rings. The molecule has 0 saturated heterocycles. The van der Waals surface area contributed by atoms with Crippen LogP contribution in [0.25, 0.3) is 10.8 Å². The van der Waals surface area contributed by atoms with Crippen molar-refractivity contribution in [2.75, 3.05) is 13.7 Å². The normalized spacial score (nSPS) is 10.7. The highest BCUT2D eigenvalue weighted by molar-refractivity contribution is 7.07. The zero-order valence-electron chi connectivity index (χ0n) is 15.0. The van der Waals surface area contributed by atoms with Crippen molar-refractivity contribution in [3.8, 4) is 0 Å². The van der Waals surface area contributed by atoms with E-state index in [-0.39, 0.29) is 24.5 Å². The quantitative estimate of drug-likeness (QED) is 0.604. The first-order chi connectivity index (χ1) is 13.0. The topological polar surface area (TPSA) is 81.5 Å². The number of thiophene rings is 1. The second-order valence-corrected chi connectivity index (χ2v) is 6.92. The van der Waals surface area contributed by atoms with E-state index in [1.165, 1.54) is 16.6 Å². The molecule has 1 aromatic carbocycles. The van der Waals surface area contributed by atoms with Crippen molar-refractivity contribution in [1.29, 1.82) is 0 Å². The van der Waals surface area contributed by atoms with Gasteiger partial charge in [0.05, 0.1) is 17.5 Å². The zero-order chi connectivity index (χ0) is 19.4. The molecule has 0 unspecified atom stereocenters. The van der Waals surface area contributed by atoms with Gasteiger partial charge < -0.3 is 9.64 Å². The highest BCUT2D eigenvalue weighted by atomic mass is 32.1. The molecule has 8 heteroatoms. The number of amides is 1. The molecule has 7 nitrogen and oxygen atoms in total. The van der Waals surface area contributed by atoms with Gasteiger partial charge in [-0.15, -0.1) is 0 Å². The minimum atomic E-state index is -0.566. The minimum Gasteiger partial charge on any atom is -0.455 e. The number of rotatable bonds is 6. The third-order valence-corrected chi connectivity index (χ3v) is 4.86. The van der Waals surface area contributed by atoms with Gasteiger partial charge in [0.2, 0.25) is 0 Å². The highest BCUT2D eigenvalue weighted by Gasteiger charge is 2.16. The van der Waals surface area contributed by atoms with Crippen molar-refractivity contribution in [3.63, 3.8) is 0 Å². The summed E-state index contributed by atoms with van der Waals surface area (Å²) >= 11 is 1.56. The van der Waals surface area contributed by atoms with Crippen molar-refractivity contribution in [1.82, 2.24) is 14.7 Å². The van der Waals surface area contributed by atoms with E-state index in [9.17, 15) is 14.4 Å². The molecular formula is C19H19N3O4S. The Labute approximate surface area is 159 Å². The standard InChI is InChI=1S/C19H19N3O4S/c1-21(10-13-7-8-27-12-13)17(23)11-26-18(24)9-16-14-5-3-4-6-15(14)19(25)22(2)20-16/h3-8,12H,9-11H2,1-2H3. The fraction of sp³-hybridized carbons (Fsp3) is 0.263. The van der Waals surface area contributed by atoms with Crippen molar-refractivity contribution >= 4 is 34.0 Å². The van der Waals surface area contributed by atoms with Gasteiger partial charge in [-0.25, -0.2) is 4.68 Å². The van der Waals surface area contributed by atoms with Crippen LogP contribution in [-0.4, -0.2) is 40.2 Å². The number of carbonyl (C=O) groups excluding carboxylic acids is 2. The van der Waals surface area contributed by atoms with Gasteiger partial charge in [0.1, 0.15) is 0 Å². The van der Waals surface area contributed by atoms with Crippen LogP contribution in [0.15, 0.2) is 45.9 Å². The van der Waals surface area contributed by atoms with E-state index >= 15 is 0 Å². The smallest absolute Gasteiger partial charge is 0.312 e. The summed E-state index contributed by atoms with van der Waals surface area (Å²) in [5, 5.41) is 9.17. The Morgan fingerprint density at radius 2 is 1.96 bits per heavy atom. The van der Waals surface area contributed by atoms with Gasteiger partial charge in [-0.2, -0.15) is 16.4 Å². The zero-order valence-corrected chi connectivity index (χ0v) is 15.9. The van der Waals surface area contributed by atoms with Crippen LogP contribution in [-0.2, 0) is 34.3 Å². The fourth-order valence-electron chi connectivity index (χ4n) is 2.69. The molecule has 0 atom stereocenters. The SMILES string of the molecule is CN(Cc1ccsc1)C(=O)COC(=O)Cc1nn(C)c(=O)c2ccccc12. The van der Waals surface area contributed by atoms with Crippen LogP contribution >= 0.6 is 11.3 Å². The van der Waals surface area contributed by atoms with Crippen LogP contribution in [0.1, 0.15) is 11.3 Å². The number of carbonyl (C=O) groups is 2. The summed E-state index contributed by atoms with van der Waals surface area (Å²) in [5.74, 6) is -0.851. The molecule has 0 saturated carbocycles. The van der Waals surface area contributed by atoms with Crippen molar-refractivity contribution in [2.45, 2.75) is 13.0 Å². The Bertz CT molecular complexity index is 1030. The average molecular weight is 385 g/mol. The number of likely N-dealkylation sites (N-methyl/N-ethyl adjacent to an activating group) is 1. The number of esters is 1. The predicted molar refractivity (Wildman–Crippen MR) is 102 cm³/mol. The van der Waals surface area contributed by atoms with E-state index in [0.717, 1.165) is 5.56 Å². The molecule has 0 aliphatic rings. The number of benzene rings is 1. The first kappa shape index (κ1) is 18.8. The predicted octanol–water partition coefficient (Wildman–Crippen LogP) is 1.74. The highest BCUT2D eigenvalue weighted by Crippen LogP contribution is 2.14. The van der Waals surface area contributed by atoms with Gasteiger partial charge in [0.15, 0.2) is 6.61 Å². The van der Waals surface area contributed by atoms with Gasteiger partial charge in [-0.1, -0.05) is 18.2 Å². The lowest BCUT2D eigenvalue weighted by Gasteiger charge is -2.16. The second kappa shape index (κ2) is 8.13. The molecule has 3 aromatic rings. The number of ether oxygens (including phenoxy) is 1. The van der Waals surface area contributed by atoms with Crippen LogP contribution in [0, 0.1) is 0 Å². The number of hydrogen-bond acceptors (Lipinski definition) is 6. The third kappa shape index (κ3) is 4.40. The summed E-state index contributed by atoms with van der Waals surface area (Å²) in [6.07, 6.45) is -0.115. The number of hydrogen-bond donors (Lipinski definition) is 0. The summed E-state index contributed by atoms with van der Waals surface area (Å²) < 4.78 is 6.31. The van der Waals surface area contributed by atoms with Crippen molar-refractivity contribution in [2.24, 2.45) is 7.05 Å². The Balaban J connectivity index is 1.63. The molecule has 140 valence electrons. The maximum atomic E-state index is 12.2. The second-order valence-electron chi connectivity index (χ2n) is 6.14. The lowest BCUT2D eigenvalue weighted by atomic mass is 10.1. The maximum Gasteiger partial charge on any atom is 0.312 e. The largest absolute Gasteiger partial charge is 0.455 e. The summed E-state index contributed by atoms with van der Waals surface area (Å²) in [5.41, 5.74) is 1.24. The molecule has 2 heterocycles. The summed E-state index contributed by atoms with van der Waals surface area (Å²) in [6.45, 7) is 0.135. The van der Waals surface area contributed by atoms with Crippen LogP contribution in [0.4, 0.5) is 0 Å². The lowest BCUT2D eigenvalue weighted by molar-refractivity contribution is -0.151. The van der Waals surface area contributed by atoms with Crippen LogP contribution in [0.5, 0.6) is 0 Å². The van der Waals surface area contributed by atoms with Gasteiger partial charge >= 0.3 is 5.97 Å². The first-order valence-electron chi connectivity index (χ1n) is 8.31. The molecule has 1 amide bonds. The molecular weight excluding hydrogens is 366 g/mol. The van der Waals surface area contributed by atoms with Gasteiger partial charge in [0, 0.05) is 26.0 Å². The number of fused-ring (bicyclic) bond motifs is 1. The van der Waals surface area contributed by atoms with E-state index < -0.39 is 5.97 Å². The first-order valence-corrected chi connectivity index (χ1v) is 9.25. The maximum absolute atomic E-state index is 12.2. The van der Waals surface area contributed by atoms with Crippen LogP contribution in [0.2, 0.25) is 0 Å². The fourth-order valence-corrected chi connectivity index (χ4v) is 3.35. The van der Waals surface area contributed by atoms with Crippen LogP contribution in [0.3, 0.4) is 0 Å². The molecule has 2 aromatic heterocycles. The number of aryl methyl sites for hydroxylation is 1. The van der Waals surface area contributed by atoms with E-state index in [4.69, 9.17) is 4.74 Å². The average Bonchev–Trinajstić information content (AvgIpc) is 3.17. The van der Waals surface area contributed by atoms with E-state index in [1.807, 2.05) is 16.8 Å². The molecule has 0 bridgehead atoms. The Kier molecular flexibility index (Phi) is 5.66. The molecule has 0 spiro atoms. The van der Waals surface area contributed by atoms with E-state index in [0.29, 0.717) is 23.0 Å². The molecule has 0 radical (unpaired) electrons. The molecule has 0 aliphatic carbocycles. The van der Waals surface area contributed by atoms with Gasteiger partial charge in [0.25, 0.3) is 11.5 Å². The van der Waals surface area contributed by atoms with Gasteiger partial charge in [-0.05, 0) is 28.5 Å². The molecule has 0 aliphatic heterocycles. The number of aromatic nitrogens is 2. The molecule has 0 N–H and O–H groups in total. The number of nitrogens with zero attached hydrogens (tertiary/aromatic N) is 3. The van der Waals surface area contributed by atoms with E-state index in [1.54, 1.807) is 42.6 Å².